The highest BCUT2D eigenvalue weighted by Crippen LogP contribution is 2.53. The van der Waals surface area contributed by atoms with E-state index >= 15 is 0 Å². The molecule has 1 saturated carbocycles. The fourth-order valence-corrected chi connectivity index (χ4v) is 4.89. The number of aryl methyl sites for hydroxylation is 1. The smallest absolute Gasteiger partial charge is 0.183 e. The van der Waals surface area contributed by atoms with Crippen LogP contribution in [0.5, 0.6) is 0 Å². The summed E-state index contributed by atoms with van der Waals surface area (Å²) in [6, 6.07) is 14.4. The van der Waals surface area contributed by atoms with Crippen LogP contribution in [0.3, 0.4) is 0 Å². The van der Waals surface area contributed by atoms with Crippen molar-refractivity contribution in [2.75, 3.05) is 0 Å². The standard InChI is InChI=1S/C17H14FNO2S/c1-11-5-7-14(8-6-11)22(20,21)17-15(10-19)16(17)12-3-2-4-13(18)9-12/h2-9,15-17H,1H3/t15-,16-,17-/m0/s1. The fourth-order valence-electron chi connectivity index (χ4n) is 2.82. The molecule has 0 aromatic heterocycles. The summed E-state index contributed by atoms with van der Waals surface area (Å²) in [6.45, 7) is 1.88. The summed E-state index contributed by atoms with van der Waals surface area (Å²) in [7, 11) is -3.60. The number of nitriles is 1. The molecule has 3 atom stereocenters. The van der Waals surface area contributed by atoms with Gasteiger partial charge in [0.15, 0.2) is 9.84 Å². The minimum absolute atomic E-state index is 0.210. The summed E-state index contributed by atoms with van der Waals surface area (Å²) in [6.07, 6.45) is 0. The van der Waals surface area contributed by atoms with Crippen molar-refractivity contribution in [2.24, 2.45) is 5.92 Å². The van der Waals surface area contributed by atoms with Crippen molar-refractivity contribution < 1.29 is 12.8 Å². The third-order valence-corrected chi connectivity index (χ3v) is 6.28. The van der Waals surface area contributed by atoms with Gasteiger partial charge in [-0.3, -0.25) is 0 Å². The number of hydrogen-bond acceptors (Lipinski definition) is 3. The second-order valence-electron chi connectivity index (χ2n) is 5.56. The molecule has 1 fully saturated rings. The Balaban J connectivity index is 1.98. The van der Waals surface area contributed by atoms with Crippen molar-refractivity contribution >= 4 is 9.84 Å². The van der Waals surface area contributed by atoms with Crippen LogP contribution in [-0.4, -0.2) is 13.7 Å². The largest absolute Gasteiger partial charge is 0.223 e. The average molecular weight is 315 g/mol. The van der Waals surface area contributed by atoms with Crippen molar-refractivity contribution in [1.29, 1.82) is 5.26 Å². The van der Waals surface area contributed by atoms with Gasteiger partial charge < -0.3 is 0 Å². The molecular weight excluding hydrogens is 301 g/mol. The minimum atomic E-state index is -3.60. The highest BCUT2D eigenvalue weighted by molar-refractivity contribution is 7.92. The van der Waals surface area contributed by atoms with Gasteiger partial charge in [0, 0.05) is 5.92 Å². The van der Waals surface area contributed by atoms with Gasteiger partial charge in [-0.25, -0.2) is 12.8 Å². The summed E-state index contributed by atoms with van der Waals surface area (Å²) in [5.41, 5.74) is 1.53. The minimum Gasteiger partial charge on any atom is -0.223 e. The molecule has 0 unspecified atom stereocenters. The van der Waals surface area contributed by atoms with Gasteiger partial charge in [0.25, 0.3) is 0 Å². The van der Waals surface area contributed by atoms with Crippen LogP contribution in [0.15, 0.2) is 53.4 Å². The van der Waals surface area contributed by atoms with Crippen LogP contribution in [0.1, 0.15) is 17.0 Å². The first-order chi connectivity index (χ1) is 10.4. The Morgan fingerprint density at radius 3 is 2.41 bits per heavy atom. The Labute approximate surface area is 128 Å². The number of nitrogens with zero attached hydrogens (tertiary/aromatic N) is 1. The second kappa shape index (κ2) is 5.22. The normalized spacial score (nSPS) is 23.8. The molecule has 0 radical (unpaired) electrons. The van der Waals surface area contributed by atoms with Gasteiger partial charge in [0.1, 0.15) is 5.82 Å². The lowest BCUT2D eigenvalue weighted by Gasteiger charge is -2.04. The lowest BCUT2D eigenvalue weighted by Crippen LogP contribution is -2.10. The molecule has 2 aromatic carbocycles. The van der Waals surface area contributed by atoms with Gasteiger partial charge in [-0.2, -0.15) is 5.26 Å². The van der Waals surface area contributed by atoms with Crippen LogP contribution in [0.4, 0.5) is 4.39 Å². The molecule has 0 aliphatic heterocycles. The monoisotopic (exact) mass is 315 g/mol. The molecule has 2 aromatic rings. The first-order valence-corrected chi connectivity index (χ1v) is 8.45. The van der Waals surface area contributed by atoms with Gasteiger partial charge in [-0.15, -0.1) is 0 Å². The molecule has 1 aliphatic rings. The molecule has 3 rings (SSSR count). The van der Waals surface area contributed by atoms with Crippen molar-refractivity contribution in [3.8, 4) is 6.07 Å². The molecule has 112 valence electrons. The van der Waals surface area contributed by atoms with E-state index in [1.165, 1.54) is 18.2 Å². The van der Waals surface area contributed by atoms with Crippen LogP contribution in [0, 0.1) is 30.0 Å². The van der Waals surface area contributed by atoms with E-state index in [0.29, 0.717) is 5.56 Å². The number of rotatable bonds is 3. The van der Waals surface area contributed by atoms with Crippen LogP contribution >= 0.6 is 0 Å². The van der Waals surface area contributed by atoms with Crippen LogP contribution in [-0.2, 0) is 9.84 Å². The highest BCUT2D eigenvalue weighted by atomic mass is 32.2. The van der Waals surface area contributed by atoms with E-state index in [2.05, 4.69) is 0 Å². The number of benzene rings is 2. The van der Waals surface area contributed by atoms with Gasteiger partial charge in [-0.05, 0) is 36.8 Å². The van der Waals surface area contributed by atoms with Crippen molar-refractivity contribution in [3.63, 3.8) is 0 Å². The number of sulfone groups is 1. The maximum absolute atomic E-state index is 13.3. The third-order valence-electron chi connectivity index (χ3n) is 4.04. The van der Waals surface area contributed by atoms with Gasteiger partial charge >= 0.3 is 0 Å². The summed E-state index contributed by atoms with van der Waals surface area (Å²) in [5.74, 6) is -1.52. The Bertz CT molecular complexity index is 853. The lowest BCUT2D eigenvalue weighted by atomic mass is 10.1. The first-order valence-electron chi connectivity index (χ1n) is 6.91. The Morgan fingerprint density at radius 1 is 1.14 bits per heavy atom. The maximum Gasteiger partial charge on any atom is 0.183 e. The van der Waals surface area contributed by atoms with Crippen molar-refractivity contribution in [3.05, 3.63) is 65.5 Å². The summed E-state index contributed by atoms with van der Waals surface area (Å²) in [5, 5.41) is 8.42. The average Bonchev–Trinajstić information content (AvgIpc) is 3.23. The highest BCUT2D eigenvalue weighted by Gasteiger charge is 2.59. The molecule has 1 aliphatic carbocycles. The van der Waals surface area contributed by atoms with E-state index in [1.807, 2.05) is 13.0 Å². The van der Waals surface area contributed by atoms with Crippen molar-refractivity contribution in [2.45, 2.75) is 23.0 Å². The lowest BCUT2D eigenvalue weighted by molar-refractivity contribution is 0.593. The zero-order valence-corrected chi connectivity index (χ0v) is 12.7. The quantitative estimate of drug-likeness (QED) is 0.874. The van der Waals surface area contributed by atoms with Gasteiger partial charge in [0.05, 0.1) is 22.1 Å². The Kier molecular flexibility index (Phi) is 3.50. The maximum atomic E-state index is 13.3. The molecule has 0 N–H and O–H groups in total. The van der Waals surface area contributed by atoms with Crippen LogP contribution < -0.4 is 0 Å². The molecule has 5 heteroatoms. The van der Waals surface area contributed by atoms with Gasteiger partial charge in [0.2, 0.25) is 0 Å². The molecule has 0 saturated heterocycles. The Hall–Kier alpha value is -2.19. The second-order valence-corrected chi connectivity index (χ2v) is 7.66. The predicted molar refractivity (Wildman–Crippen MR) is 80.4 cm³/mol. The zero-order valence-electron chi connectivity index (χ0n) is 11.9. The summed E-state index contributed by atoms with van der Waals surface area (Å²) in [4.78, 5) is 0.210. The van der Waals surface area contributed by atoms with Gasteiger partial charge in [-0.1, -0.05) is 29.8 Å². The van der Waals surface area contributed by atoms with E-state index in [0.717, 1.165) is 5.56 Å². The van der Waals surface area contributed by atoms with Crippen LogP contribution in [0.25, 0.3) is 0 Å². The molecular formula is C17H14FNO2S. The van der Waals surface area contributed by atoms with Crippen LogP contribution in [0.2, 0.25) is 0 Å². The van der Waals surface area contributed by atoms with E-state index in [-0.39, 0.29) is 4.90 Å². The summed E-state index contributed by atoms with van der Waals surface area (Å²) < 4.78 is 38.7. The van der Waals surface area contributed by atoms with E-state index in [4.69, 9.17) is 0 Å². The molecule has 0 amide bonds. The van der Waals surface area contributed by atoms with E-state index in [9.17, 15) is 18.1 Å². The number of hydrogen-bond donors (Lipinski definition) is 0. The Morgan fingerprint density at radius 2 is 1.82 bits per heavy atom. The summed E-state index contributed by atoms with van der Waals surface area (Å²) >= 11 is 0. The van der Waals surface area contributed by atoms with E-state index < -0.39 is 32.7 Å². The third kappa shape index (κ3) is 2.40. The predicted octanol–water partition coefficient (Wildman–Crippen LogP) is 3.21. The molecule has 22 heavy (non-hydrogen) atoms. The molecule has 0 spiro atoms. The topological polar surface area (TPSA) is 57.9 Å². The molecule has 3 nitrogen and oxygen atoms in total. The first kappa shape index (κ1) is 14.7. The van der Waals surface area contributed by atoms with E-state index in [1.54, 1.807) is 30.3 Å². The number of halogens is 1. The SMILES string of the molecule is Cc1ccc(S(=O)(=O)[C@H]2[C@@H](C#N)[C@@H]2c2cccc(F)c2)cc1. The zero-order chi connectivity index (χ0) is 15.9. The van der Waals surface area contributed by atoms with Crippen molar-refractivity contribution in [1.82, 2.24) is 0 Å². The fraction of sp³-hybridized carbons (Fsp3) is 0.235. The molecule has 0 bridgehead atoms. The molecule has 0 heterocycles.